The van der Waals surface area contributed by atoms with Crippen molar-refractivity contribution in [3.8, 4) is 0 Å². The third-order valence-corrected chi connectivity index (χ3v) is 5.45. The first kappa shape index (κ1) is 19.8. The van der Waals surface area contributed by atoms with Crippen molar-refractivity contribution in [2.75, 3.05) is 12.8 Å². The minimum atomic E-state index is -3.25. The fraction of sp³-hybridized carbons (Fsp3) is 0.611. The van der Waals surface area contributed by atoms with Gasteiger partial charge in [-0.15, -0.1) is 0 Å². The lowest BCUT2D eigenvalue weighted by atomic mass is 9.85. The molecule has 1 aromatic carbocycles. The van der Waals surface area contributed by atoms with Crippen molar-refractivity contribution in [2.24, 2.45) is 11.8 Å². The van der Waals surface area contributed by atoms with Crippen LogP contribution in [0.4, 0.5) is 4.39 Å². The second-order valence-corrected chi connectivity index (χ2v) is 8.80. The van der Waals surface area contributed by atoms with E-state index in [0.29, 0.717) is 13.0 Å². The molecule has 1 fully saturated rings. The van der Waals surface area contributed by atoms with E-state index in [9.17, 15) is 17.6 Å². The number of hydrogen-bond acceptors (Lipinski definition) is 3. The molecule has 0 saturated heterocycles. The highest BCUT2D eigenvalue weighted by Gasteiger charge is 2.28. The molecule has 1 saturated carbocycles. The van der Waals surface area contributed by atoms with Gasteiger partial charge in [-0.3, -0.25) is 4.79 Å². The fourth-order valence-corrected chi connectivity index (χ4v) is 4.22. The summed E-state index contributed by atoms with van der Waals surface area (Å²) in [5.41, 5.74) is 0.915. The first-order chi connectivity index (χ1) is 11.7. The van der Waals surface area contributed by atoms with E-state index < -0.39 is 10.0 Å². The molecule has 3 unspecified atom stereocenters. The average molecular weight is 370 g/mol. The number of carbonyl (C=O) groups excluding carboxylic acids is 1. The van der Waals surface area contributed by atoms with Crippen LogP contribution < -0.4 is 10.0 Å². The summed E-state index contributed by atoms with van der Waals surface area (Å²) >= 11 is 0. The molecule has 0 aromatic heterocycles. The van der Waals surface area contributed by atoms with E-state index in [1.165, 1.54) is 18.4 Å². The number of carbonyl (C=O) groups is 1. The van der Waals surface area contributed by atoms with E-state index in [2.05, 4.69) is 10.0 Å². The molecule has 0 heterocycles. The molecule has 1 aliphatic rings. The first-order valence-corrected chi connectivity index (χ1v) is 10.6. The van der Waals surface area contributed by atoms with Crippen molar-refractivity contribution in [1.29, 1.82) is 0 Å². The minimum Gasteiger partial charge on any atom is -0.356 e. The lowest BCUT2D eigenvalue weighted by Gasteiger charge is -2.32. The molecular weight excluding hydrogens is 343 g/mol. The Morgan fingerprint density at radius 2 is 1.88 bits per heavy atom. The van der Waals surface area contributed by atoms with E-state index in [0.717, 1.165) is 31.2 Å². The molecule has 25 heavy (non-hydrogen) atoms. The predicted octanol–water partition coefficient (Wildman–Crippen LogP) is 2.23. The second kappa shape index (κ2) is 8.76. The number of amides is 1. The molecule has 2 rings (SSSR count). The van der Waals surface area contributed by atoms with Crippen molar-refractivity contribution >= 4 is 15.9 Å². The molecule has 3 atom stereocenters. The third-order valence-electron chi connectivity index (χ3n) is 4.72. The van der Waals surface area contributed by atoms with Gasteiger partial charge in [0.2, 0.25) is 15.9 Å². The summed E-state index contributed by atoms with van der Waals surface area (Å²) in [6.07, 6.45) is 5.47. The van der Waals surface area contributed by atoms with Crippen molar-refractivity contribution in [2.45, 2.75) is 45.1 Å². The van der Waals surface area contributed by atoms with Crippen molar-refractivity contribution in [3.05, 3.63) is 35.6 Å². The summed E-state index contributed by atoms with van der Waals surface area (Å²) < 4.78 is 38.6. The van der Waals surface area contributed by atoms with Gasteiger partial charge in [-0.25, -0.2) is 17.5 Å². The van der Waals surface area contributed by atoms with E-state index in [1.807, 2.05) is 6.92 Å². The van der Waals surface area contributed by atoms with Gasteiger partial charge in [0.25, 0.3) is 0 Å². The molecular formula is C18H27FN2O3S. The van der Waals surface area contributed by atoms with Crippen LogP contribution in [0.3, 0.4) is 0 Å². The summed E-state index contributed by atoms with van der Waals surface area (Å²) in [5.74, 6) is -0.462. The second-order valence-electron chi connectivity index (χ2n) is 7.02. The third kappa shape index (κ3) is 6.74. The Hall–Kier alpha value is -1.47. The van der Waals surface area contributed by atoms with Crippen LogP contribution in [-0.2, 0) is 21.2 Å². The maximum Gasteiger partial charge on any atom is 0.223 e. The maximum atomic E-state index is 12.9. The first-order valence-electron chi connectivity index (χ1n) is 8.74. The van der Waals surface area contributed by atoms with Crippen LogP contribution in [0.1, 0.15) is 38.2 Å². The molecule has 0 spiro atoms. The van der Waals surface area contributed by atoms with Gasteiger partial charge in [-0.2, -0.15) is 0 Å². The van der Waals surface area contributed by atoms with Gasteiger partial charge in [-0.1, -0.05) is 31.9 Å². The molecule has 7 heteroatoms. The number of benzene rings is 1. The molecule has 0 radical (unpaired) electrons. The average Bonchev–Trinajstić information content (AvgIpc) is 2.54. The Bertz CT molecular complexity index is 676. The highest BCUT2D eigenvalue weighted by Crippen LogP contribution is 2.24. The molecule has 1 aliphatic carbocycles. The molecule has 5 nitrogen and oxygen atoms in total. The number of rotatable bonds is 7. The number of hydrogen-bond donors (Lipinski definition) is 2. The molecule has 140 valence electrons. The van der Waals surface area contributed by atoms with Gasteiger partial charge in [0.05, 0.1) is 6.26 Å². The summed E-state index contributed by atoms with van der Waals surface area (Å²) in [5, 5.41) is 2.95. The lowest BCUT2D eigenvalue weighted by molar-refractivity contribution is -0.124. The Labute approximate surface area is 149 Å². The molecule has 1 aromatic rings. The zero-order chi connectivity index (χ0) is 18.4. The van der Waals surface area contributed by atoms with Crippen LogP contribution in [-0.4, -0.2) is 33.2 Å². The van der Waals surface area contributed by atoms with Crippen LogP contribution in [0.5, 0.6) is 0 Å². The lowest BCUT2D eigenvalue weighted by Crippen LogP contribution is -2.46. The maximum absolute atomic E-state index is 12.9. The molecule has 0 aliphatic heterocycles. The highest BCUT2D eigenvalue weighted by atomic mass is 32.2. The summed E-state index contributed by atoms with van der Waals surface area (Å²) in [6.45, 7) is 2.31. The van der Waals surface area contributed by atoms with Crippen molar-refractivity contribution < 1.29 is 17.6 Å². The van der Waals surface area contributed by atoms with Gasteiger partial charge in [0, 0.05) is 18.5 Å². The summed E-state index contributed by atoms with van der Waals surface area (Å²) in [6, 6.07) is 6.04. The molecule has 2 N–H and O–H groups in total. The minimum absolute atomic E-state index is 0.0620. The van der Waals surface area contributed by atoms with Gasteiger partial charge < -0.3 is 5.32 Å². The van der Waals surface area contributed by atoms with Crippen LogP contribution in [0.2, 0.25) is 0 Å². The normalized spacial score (nSPS) is 22.4. The van der Waals surface area contributed by atoms with Crippen LogP contribution in [0.25, 0.3) is 0 Å². The number of halogens is 1. The van der Waals surface area contributed by atoms with Crippen LogP contribution in [0.15, 0.2) is 24.3 Å². The van der Waals surface area contributed by atoms with Crippen molar-refractivity contribution in [1.82, 2.24) is 10.0 Å². The van der Waals surface area contributed by atoms with E-state index in [-0.39, 0.29) is 29.6 Å². The summed E-state index contributed by atoms with van der Waals surface area (Å²) in [4.78, 5) is 12.3. The van der Waals surface area contributed by atoms with Gasteiger partial charge in [-0.05, 0) is 42.9 Å². The van der Waals surface area contributed by atoms with Gasteiger partial charge in [0.15, 0.2) is 0 Å². The van der Waals surface area contributed by atoms with Crippen LogP contribution >= 0.6 is 0 Å². The standard InChI is InChI=1S/C18H27FN2O3S/c1-13(11-14-7-9-16(19)10-8-14)18(22)20-12-15-5-3-4-6-17(15)21-25(2,23)24/h7-10,13,15,17,21H,3-6,11-12H2,1-2H3,(H,20,22). The predicted molar refractivity (Wildman–Crippen MR) is 96.0 cm³/mol. The molecule has 1 amide bonds. The Morgan fingerprint density at radius 1 is 1.24 bits per heavy atom. The zero-order valence-corrected chi connectivity index (χ0v) is 15.6. The van der Waals surface area contributed by atoms with Gasteiger partial charge >= 0.3 is 0 Å². The van der Waals surface area contributed by atoms with E-state index in [1.54, 1.807) is 12.1 Å². The Morgan fingerprint density at radius 3 is 2.52 bits per heavy atom. The molecule has 0 bridgehead atoms. The largest absolute Gasteiger partial charge is 0.356 e. The van der Waals surface area contributed by atoms with Gasteiger partial charge in [0.1, 0.15) is 5.82 Å². The number of sulfonamides is 1. The summed E-state index contributed by atoms with van der Waals surface area (Å²) in [7, 11) is -3.25. The Kier molecular flexibility index (Phi) is 6.95. The highest BCUT2D eigenvalue weighted by molar-refractivity contribution is 7.88. The quantitative estimate of drug-likeness (QED) is 0.773. The number of nitrogens with one attached hydrogen (secondary N) is 2. The van der Waals surface area contributed by atoms with E-state index >= 15 is 0 Å². The smallest absolute Gasteiger partial charge is 0.223 e. The van der Waals surface area contributed by atoms with Crippen LogP contribution in [0, 0.1) is 17.7 Å². The van der Waals surface area contributed by atoms with E-state index in [4.69, 9.17) is 0 Å². The zero-order valence-electron chi connectivity index (χ0n) is 14.8. The van der Waals surface area contributed by atoms with Crippen molar-refractivity contribution in [3.63, 3.8) is 0 Å². The monoisotopic (exact) mass is 370 g/mol. The SMILES string of the molecule is CC(Cc1ccc(F)cc1)C(=O)NCC1CCCCC1NS(C)(=O)=O. The topological polar surface area (TPSA) is 75.3 Å². The fourth-order valence-electron chi connectivity index (χ4n) is 3.35. The Balaban J connectivity index is 1.85.